The van der Waals surface area contributed by atoms with Gasteiger partial charge in [-0.15, -0.1) is 5.10 Å². The largest absolute Gasteiger partial charge is 0.481 e. The van der Waals surface area contributed by atoms with Gasteiger partial charge < -0.3 is 10.0 Å². The number of likely N-dealkylation sites (N-methyl/N-ethyl adjacent to an activating group) is 1. The molecule has 0 aromatic carbocycles. The minimum atomic E-state index is -0.929. The summed E-state index contributed by atoms with van der Waals surface area (Å²) in [6.07, 6.45) is 1.33. The van der Waals surface area contributed by atoms with E-state index in [2.05, 4.69) is 15.5 Å². The monoisotopic (exact) mass is 227 g/mol. The molecule has 88 valence electrons. The van der Waals surface area contributed by atoms with Crippen LogP contribution in [0.15, 0.2) is 6.33 Å². The molecule has 0 spiro atoms. The van der Waals surface area contributed by atoms with Crippen molar-refractivity contribution in [3.8, 4) is 0 Å². The Hall–Kier alpha value is -1.99. The lowest BCUT2D eigenvalue weighted by Crippen LogP contribution is -2.35. The maximum atomic E-state index is 11.6. The lowest BCUT2D eigenvalue weighted by molar-refractivity contribution is -0.142. The van der Waals surface area contributed by atoms with Gasteiger partial charge in [0, 0.05) is 13.6 Å². The third-order valence-corrected chi connectivity index (χ3v) is 2.08. The van der Waals surface area contributed by atoms with Crippen LogP contribution >= 0.6 is 0 Å². The molecule has 0 aliphatic rings. The molecule has 8 heteroatoms. The fourth-order valence-electron chi connectivity index (χ4n) is 1.10. The van der Waals surface area contributed by atoms with E-state index in [1.807, 2.05) is 0 Å². The first-order valence-electron chi connectivity index (χ1n) is 4.68. The van der Waals surface area contributed by atoms with Crippen LogP contribution < -0.4 is 0 Å². The number of carboxylic acid groups (broad SMARTS) is 1. The molecule has 0 saturated heterocycles. The molecule has 1 aromatic rings. The van der Waals surface area contributed by atoms with Crippen LogP contribution in [0.25, 0.3) is 0 Å². The van der Waals surface area contributed by atoms with Gasteiger partial charge in [-0.1, -0.05) is 6.92 Å². The number of aliphatic carboxylic acids is 1. The SMILES string of the molecule is CC(CN(C)C(=O)Cn1cnnn1)C(=O)O. The minimum Gasteiger partial charge on any atom is -0.481 e. The maximum absolute atomic E-state index is 11.6. The first-order chi connectivity index (χ1) is 7.50. The van der Waals surface area contributed by atoms with Crippen molar-refractivity contribution in [2.45, 2.75) is 13.5 Å². The van der Waals surface area contributed by atoms with Crippen LogP contribution in [-0.4, -0.2) is 55.7 Å². The molecule has 1 amide bonds. The van der Waals surface area contributed by atoms with E-state index in [4.69, 9.17) is 5.11 Å². The summed E-state index contributed by atoms with van der Waals surface area (Å²) in [4.78, 5) is 23.5. The number of amides is 1. The van der Waals surface area contributed by atoms with Gasteiger partial charge in [0.25, 0.3) is 0 Å². The lowest BCUT2D eigenvalue weighted by Gasteiger charge is -2.18. The first kappa shape index (κ1) is 12.1. The van der Waals surface area contributed by atoms with Crippen LogP contribution in [0.5, 0.6) is 0 Å². The third kappa shape index (κ3) is 3.30. The molecular weight excluding hydrogens is 214 g/mol. The highest BCUT2D eigenvalue weighted by Gasteiger charge is 2.17. The van der Waals surface area contributed by atoms with E-state index in [1.165, 1.54) is 15.9 Å². The van der Waals surface area contributed by atoms with E-state index in [0.29, 0.717) is 0 Å². The second-order valence-corrected chi connectivity index (χ2v) is 3.52. The molecule has 16 heavy (non-hydrogen) atoms. The highest BCUT2D eigenvalue weighted by molar-refractivity contribution is 5.76. The summed E-state index contributed by atoms with van der Waals surface area (Å²) in [7, 11) is 1.55. The van der Waals surface area contributed by atoms with Gasteiger partial charge in [0.1, 0.15) is 12.9 Å². The molecule has 0 aliphatic heterocycles. The second kappa shape index (κ2) is 5.19. The van der Waals surface area contributed by atoms with E-state index < -0.39 is 11.9 Å². The molecule has 0 radical (unpaired) electrons. The van der Waals surface area contributed by atoms with Gasteiger partial charge in [0.15, 0.2) is 0 Å². The Labute approximate surface area is 91.8 Å². The van der Waals surface area contributed by atoms with E-state index in [-0.39, 0.29) is 19.0 Å². The van der Waals surface area contributed by atoms with E-state index >= 15 is 0 Å². The summed E-state index contributed by atoms with van der Waals surface area (Å²) in [6.45, 7) is 1.72. The molecule has 1 rings (SSSR count). The zero-order valence-corrected chi connectivity index (χ0v) is 9.07. The zero-order valence-electron chi connectivity index (χ0n) is 9.07. The molecule has 1 N–H and O–H groups in total. The molecule has 0 saturated carbocycles. The fraction of sp³-hybridized carbons (Fsp3) is 0.625. The summed E-state index contributed by atoms with van der Waals surface area (Å²) in [5.74, 6) is -1.76. The van der Waals surface area contributed by atoms with Crippen molar-refractivity contribution < 1.29 is 14.7 Å². The highest BCUT2D eigenvalue weighted by Crippen LogP contribution is 1.99. The van der Waals surface area contributed by atoms with Gasteiger partial charge in [0.2, 0.25) is 5.91 Å². The van der Waals surface area contributed by atoms with Crippen LogP contribution in [0.1, 0.15) is 6.92 Å². The zero-order chi connectivity index (χ0) is 12.1. The van der Waals surface area contributed by atoms with Gasteiger partial charge in [-0.25, -0.2) is 4.68 Å². The molecule has 0 aliphatic carbocycles. The van der Waals surface area contributed by atoms with Crippen molar-refractivity contribution in [2.24, 2.45) is 5.92 Å². The lowest BCUT2D eigenvalue weighted by atomic mass is 10.2. The number of hydrogen-bond acceptors (Lipinski definition) is 5. The molecule has 1 heterocycles. The number of nitrogens with zero attached hydrogens (tertiary/aromatic N) is 5. The summed E-state index contributed by atoms with van der Waals surface area (Å²) >= 11 is 0. The third-order valence-electron chi connectivity index (χ3n) is 2.08. The van der Waals surface area contributed by atoms with Crippen LogP contribution in [0, 0.1) is 5.92 Å². The molecule has 0 bridgehead atoms. The van der Waals surface area contributed by atoms with Crippen LogP contribution in [0.4, 0.5) is 0 Å². The molecular formula is C8H13N5O3. The predicted octanol–water partition coefficient (Wildman–Crippen LogP) is -1.15. The Kier molecular flexibility index (Phi) is 3.92. The van der Waals surface area contributed by atoms with Gasteiger partial charge in [0.05, 0.1) is 5.92 Å². The minimum absolute atomic E-state index is 0.00976. The number of carboxylic acids is 1. The van der Waals surface area contributed by atoms with Crippen LogP contribution in [0.3, 0.4) is 0 Å². The quantitative estimate of drug-likeness (QED) is 0.681. The van der Waals surface area contributed by atoms with E-state index in [9.17, 15) is 9.59 Å². The molecule has 1 aromatic heterocycles. The maximum Gasteiger partial charge on any atom is 0.308 e. The second-order valence-electron chi connectivity index (χ2n) is 3.52. The Balaban J connectivity index is 2.45. The van der Waals surface area contributed by atoms with Crippen molar-refractivity contribution in [1.29, 1.82) is 0 Å². The highest BCUT2D eigenvalue weighted by atomic mass is 16.4. The van der Waals surface area contributed by atoms with Crippen molar-refractivity contribution in [3.63, 3.8) is 0 Å². The van der Waals surface area contributed by atoms with Crippen molar-refractivity contribution >= 4 is 11.9 Å². The Morgan fingerprint density at radius 1 is 1.56 bits per heavy atom. The number of hydrogen-bond donors (Lipinski definition) is 1. The summed E-state index contributed by atoms with van der Waals surface area (Å²) < 4.78 is 1.28. The Morgan fingerprint density at radius 2 is 2.25 bits per heavy atom. The number of aromatic nitrogens is 4. The topological polar surface area (TPSA) is 101 Å². The smallest absolute Gasteiger partial charge is 0.308 e. The number of carbonyl (C=O) groups excluding carboxylic acids is 1. The van der Waals surface area contributed by atoms with E-state index in [1.54, 1.807) is 14.0 Å². The molecule has 8 nitrogen and oxygen atoms in total. The van der Waals surface area contributed by atoms with Gasteiger partial charge in [-0.05, 0) is 10.4 Å². The van der Waals surface area contributed by atoms with Crippen LogP contribution in [-0.2, 0) is 16.1 Å². The van der Waals surface area contributed by atoms with Gasteiger partial charge >= 0.3 is 5.97 Å². The predicted molar refractivity (Wildman–Crippen MR) is 52.3 cm³/mol. The van der Waals surface area contributed by atoms with Gasteiger partial charge in [-0.2, -0.15) is 0 Å². The van der Waals surface area contributed by atoms with Crippen molar-refractivity contribution in [2.75, 3.05) is 13.6 Å². The summed E-state index contributed by atoms with van der Waals surface area (Å²) in [5, 5.41) is 19.0. The number of rotatable bonds is 5. The number of tetrazole rings is 1. The average Bonchev–Trinajstić information content (AvgIpc) is 2.69. The summed E-state index contributed by atoms with van der Waals surface area (Å²) in [6, 6.07) is 0. The van der Waals surface area contributed by atoms with Crippen molar-refractivity contribution in [1.82, 2.24) is 25.1 Å². The number of carbonyl (C=O) groups is 2. The van der Waals surface area contributed by atoms with E-state index in [0.717, 1.165) is 0 Å². The van der Waals surface area contributed by atoms with Crippen LogP contribution in [0.2, 0.25) is 0 Å². The molecule has 1 atom stereocenters. The standard InChI is InChI=1S/C8H13N5O3/c1-6(8(15)16)3-12(2)7(14)4-13-5-9-10-11-13/h5-6H,3-4H2,1-2H3,(H,15,16). The first-order valence-corrected chi connectivity index (χ1v) is 4.68. The average molecular weight is 227 g/mol. The van der Waals surface area contributed by atoms with Crippen molar-refractivity contribution in [3.05, 3.63) is 6.33 Å². The normalized spacial score (nSPS) is 12.1. The Morgan fingerprint density at radius 3 is 2.75 bits per heavy atom. The Bertz CT molecular complexity index is 364. The summed E-state index contributed by atoms with van der Waals surface area (Å²) in [5.41, 5.74) is 0. The van der Waals surface area contributed by atoms with Gasteiger partial charge in [-0.3, -0.25) is 9.59 Å². The molecule has 0 fully saturated rings. The molecule has 1 unspecified atom stereocenters. The fourth-order valence-corrected chi connectivity index (χ4v) is 1.10.